The Bertz CT molecular complexity index is 1320. The summed E-state index contributed by atoms with van der Waals surface area (Å²) in [6.45, 7) is 2.53. The van der Waals surface area contributed by atoms with Crippen molar-refractivity contribution in [3.8, 4) is 0 Å². The molecule has 0 bridgehead atoms. The number of aryl methyl sites for hydroxylation is 1. The van der Waals surface area contributed by atoms with E-state index in [1.165, 1.54) is 13.8 Å². The van der Waals surface area contributed by atoms with Crippen molar-refractivity contribution in [2.75, 3.05) is 11.5 Å². The van der Waals surface area contributed by atoms with Gasteiger partial charge in [0.25, 0.3) is 5.91 Å². The van der Waals surface area contributed by atoms with Crippen LogP contribution in [0.4, 0.5) is 30.7 Å². The lowest BCUT2D eigenvalue weighted by atomic mass is 9.95. The first kappa shape index (κ1) is 32.2. The van der Waals surface area contributed by atoms with Crippen molar-refractivity contribution in [1.29, 1.82) is 0 Å². The van der Waals surface area contributed by atoms with Crippen molar-refractivity contribution in [2.45, 2.75) is 38.2 Å². The van der Waals surface area contributed by atoms with E-state index in [9.17, 15) is 43.9 Å². The minimum absolute atomic E-state index is 0.0924. The monoisotopic (exact) mass is 627 g/mol. The summed E-state index contributed by atoms with van der Waals surface area (Å²) >= 11 is 17.4. The van der Waals surface area contributed by atoms with Crippen LogP contribution in [0.15, 0.2) is 36.4 Å². The molecule has 2 rings (SSSR count). The Morgan fingerprint density at radius 3 is 2.05 bits per heavy atom. The maximum atomic E-state index is 14.9. The first-order chi connectivity index (χ1) is 17.2. The maximum absolute atomic E-state index is 14.9. The second-order valence-electron chi connectivity index (χ2n) is 8.41. The largest absolute Gasteiger partial charge is 0.402 e. The summed E-state index contributed by atoms with van der Waals surface area (Å²) in [6.07, 6.45) is -9.57. The molecule has 0 radical (unpaired) electrons. The Labute approximate surface area is 228 Å². The Balaban J connectivity index is 2.28. The molecule has 210 valence electrons. The highest BCUT2D eigenvalue weighted by Crippen LogP contribution is 2.42. The van der Waals surface area contributed by atoms with Gasteiger partial charge >= 0.3 is 12.4 Å². The fourth-order valence-corrected chi connectivity index (χ4v) is 5.55. The fourth-order valence-electron chi connectivity index (χ4n) is 3.48. The third-order valence-corrected chi connectivity index (χ3v) is 8.01. The molecule has 2 unspecified atom stereocenters. The van der Waals surface area contributed by atoms with Crippen LogP contribution in [-0.4, -0.2) is 44.2 Å². The van der Waals surface area contributed by atoms with Crippen LogP contribution >= 0.6 is 34.8 Å². The number of alkyl halides is 6. The number of nitrogens with one attached hydrogen (secondary N) is 1. The quantitative estimate of drug-likeness (QED) is 0.241. The highest BCUT2D eigenvalue weighted by atomic mass is 35.5. The van der Waals surface area contributed by atoms with Crippen LogP contribution in [0, 0.1) is 6.92 Å². The van der Waals surface area contributed by atoms with Gasteiger partial charge in [-0.15, -0.1) is 0 Å². The molecule has 1 amide bonds. The molecule has 2 aromatic carbocycles. The highest BCUT2D eigenvalue weighted by molar-refractivity contribution is 7.91. The summed E-state index contributed by atoms with van der Waals surface area (Å²) < 4.78 is 117. The van der Waals surface area contributed by atoms with Gasteiger partial charge in [-0.3, -0.25) is 4.79 Å². The number of allylic oxidation sites excluding steroid dienone is 1. The molecule has 2 atom stereocenters. The summed E-state index contributed by atoms with van der Waals surface area (Å²) in [5.74, 6) is -7.63. The van der Waals surface area contributed by atoms with Crippen LogP contribution in [-0.2, 0) is 9.84 Å². The van der Waals surface area contributed by atoms with E-state index < -0.39 is 63.0 Å². The van der Waals surface area contributed by atoms with Gasteiger partial charge in [0.15, 0.2) is 9.84 Å². The molecule has 1 N–H and O–H groups in total. The number of carbonyl (C=O) groups excluding carboxylic acids is 1. The zero-order valence-electron chi connectivity index (χ0n) is 19.4. The third kappa shape index (κ3) is 9.03. The number of carbonyl (C=O) groups is 1. The van der Waals surface area contributed by atoms with Crippen molar-refractivity contribution in [3.63, 3.8) is 0 Å². The molecule has 2 aromatic rings. The molecule has 0 heterocycles. The first-order valence-electron chi connectivity index (χ1n) is 10.5. The zero-order valence-corrected chi connectivity index (χ0v) is 22.5. The van der Waals surface area contributed by atoms with E-state index in [1.807, 2.05) is 0 Å². The normalized spacial score (nSPS) is 14.8. The molecule has 0 aliphatic carbocycles. The molecule has 0 aliphatic rings. The van der Waals surface area contributed by atoms with Gasteiger partial charge in [-0.25, -0.2) is 12.8 Å². The summed E-state index contributed by atoms with van der Waals surface area (Å²) in [5, 5.41) is 1.55. The minimum atomic E-state index is -4.94. The Hall–Kier alpha value is -2.02. The van der Waals surface area contributed by atoms with Crippen LogP contribution in [0.5, 0.6) is 0 Å². The number of sulfone groups is 1. The molecule has 4 nitrogen and oxygen atoms in total. The summed E-state index contributed by atoms with van der Waals surface area (Å²) in [5.41, 5.74) is -0.755. The number of rotatable bonds is 8. The van der Waals surface area contributed by atoms with Gasteiger partial charge in [-0.2, -0.15) is 26.3 Å². The van der Waals surface area contributed by atoms with Crippen LogP contribution in [0.1, 0.15) is 39.9 Å². The van der Waals surface area contributed by atoms with Crippen molar-refractivity contribution in [2.24, 2.45) is 0 Å². The molecule has 0 aromatic heterocycles. The zero-order chi connectivity index (χ0) is 29.2. The average molecular weight is 629 g/mol. The highest BCUT2D eigenvalue weighted by Gasteiger charge is 2.40. The Morgan fingerprint density at radius 1 is 1.03 bits per heavy atom. The topological polar surface area (TPSA) is 63.2 Å². The Morgan fingerprint density at radius 2 is 1.58 bits per heavy atom. The fraction of sp³-hybridized carbons (Fsp3) is 0.348. The molecule has 0 aliphatic heterocycles. The van der Waals surface area contributed by atoms with Crippen LogP contribution in [0.25, 0.3) is 5.83 Å². The third-order valence-electron chi connectivity index (χ3n) is 5.04. The Kier molecular flexibility index (Phi) is 10.2. The maximum Gasteiger partial charge on any atom is 0.402 e. The van der Waals surface area contributed by atoms with Crippen molar-refractivity contribution in [3.05, 3.63) is 73.7 Å². The van der Waals surface area contributed by atoms with Crippen molar-refractivity contribution >= 4 is 56.4 Å². The SMILES string of the molecule is Cc1cc(/C(F)=C/C(c2cc(Cl)c(Cl)c(Cl)c2)C(F)(F)F)ccc1C(=O)NC(C)CS(=O)(=O)CC(F)(F)F. The van der Waals surface area contributed by atoms with Crippen LogP contribution in [0.3, 0.4) is 0 Å². The molecule has 0 spiro atoms. The number of hydrogen-bond donors (Lipinski definition) is 1. The van der Waals surface area contributed by atoms with E-state index in [-0.39, 0.29) is 31.8 Å². The van der Waals surface area contributed by atoms with Crippen molar-refractivity contribution < 1.29 is 43.9 Å². The number of hydrogen-bond acceptors (Lipinski definition) is 3. The molecule has 0 saturated carbocycles. The lowest BCUT2D eigenvalue weighted by Gasteiger charge is -2.19. The molecule has 0 saturated heterocycles. The standard InChI is InChI=1S/C23H19Cl3F7NO3S/c1-11-5-13(3-4-15(11)21(35)34-12(2)9-38(36,37)10-22(28,29)30)19(27)8-16(23(31,32)33)14-6-17(24)20(26)18(25)7-14/h3-8,12,16H,9-10H2,1-2H3,(H,34,35)/b19-8-. The van der Waals surface area contributed by atoms with Gasteiger partial charge in [0.2, 0.25) is 0 Å². The van der Waals surface area contributed by atoms with E-state index in [4.69, 9.17) is 34.8 Å². The van der Waals surface area contributed by atoms with E-state index >= 15 is 0 Å². The number of amides is 1. The predicted octanol–water partition coefficient (Wildman–Crippen LogP) is 7.71. The summed E-state index contributed by atoms with van der Waals surface area (Å²) in [7, 11) is -4.56. The number of benzene rings is 2. The van der Waals surface area contributed by atoms with E-state index in [0.717, 1.165) is 30.3 Å². The predicted molar refractivity (Wildman–Crippen MR) is 132 cm³/mol. The van der Waals surface area contributed by atoms with Crippen LogP contribution < -0.4 is 5.32 Å². The molecular weight excluding hydrogens is 610 g/mol. The minimum Gasteiger partial charge on any atom is -0.349 e. The van der Waals surface area contributed by atoms with Crippen molar-refractivity contribution in [1.82, 2.24) is 5.32 Å². The van der Waals surface area contributed by atoms with E-state index in [1.54, 1.807) is 0 Å². The smallest absolute Gasteiger partial charge is 0.349 e. The van der Waals surface area contributed by atoms with Gasteiger partial charge in [0, 0.05) is 17.2 Å². The van der Waals surface area contributed by atoms with Gasteiger partial charge < -0.3 is 5.32 Å². The molecule has 0 fully saturated rings. The van der Waals surface area contributed by atoms with Gasteiger partial charge in [0.1, 0.15) is 17.5 Å². The lowest BCUT2D eigenvalue weighted by molar-refractivity contribution is -0.139. The second kappa shape index (κ2) is 12.0. The molecular formula is C23H19Cl3F7NO3S. The number of halogens is 10. The van der Waals surface area contributed by atoms with Gasteiger partial charge in [0.05, 0.1) is 20.8 Å². The van der Waals surface area contributed by atoms with E-state index in [2.05, 4.69) is 5.32 Å². The van der Waals surface area contributed by atoms with Gasteiger partial charge in [-0.1, -0.05) is 40.9 Å². The van der Waals surface area contributed by atoms with Gasteiger partial charge in [-0.05, 0) is 55.3 Å². The molecule has 15 heteroatoms. The van der Waals surface area contributed by atoms with E-state index in [0.29, 0.717) is 6.08 Å². The first-order valence-corrected chi connectivity index (χ1v) is 13.4. The van der Waals surface area contributed by atoms with Crippen LogP contribution in [0.2, 0.25) is 15.1 Å². The molecule has 38 heavy (non-hydrogen) atoms. The summed E-state index contributed by atoms with van der Waals surface area (Å²) in [6, 6.07) is 3.81. The second-order valence-corrected chi connectivity index (χ2v) is 11.7. The lowest BCUT2D eigenvalue weighted by Crippen LogP contribution is -2.40. The summed E-state index contributed by atoms with van der Waals surface area (Å²) in [4.78, 5) is 12.5. The average Bonchev–Trinajstić information content (AvgIpc) is 2.71.